The third kappa shape index (κ3) is 2.56. The number of furan rings is 1. The Labute approximate surface area is 125 Å². The number of carbonyl (C=O) groups excluding carboxylic acids is 2. The molecule has 0 atom stereocenters. The van der Waals surface area contributed by atoms with Crippen LogP contribution < -0.4 is 5.43 Å². The van der Waals surface area contributed by atoms with E-state index in [9.17, 15) is 9.59 Å². The smallest absolute Gasteiger partial charge is 0.339 e. The fraction of sp³-hybridized carbons (Fsp3) is 0.133. The lowest BCUT2D eigenvalue weighted by Gasteiger charge is -1.97. The molecular weight excluding hydrogens is 286 g/mol. The van der Waals surface area contributed by atoms with Gasteiger partial charge in [-0.1, -0.05) is 0 Å². The minimum Gasteiger partial charge on any atom is -0.463 e. The minimum atomic E-state index is -0.417. The largest absolute Gasteiger partial charge is 0.463 e. The second-order valence-electron chi connectivity index (χ2n) is 4.50. The first-order valence-corrected chi connectivity index (χ1v) is 6.68. The number of nitrogens with one attached hydrogen (secondary N) is 2. The number of hydrogen-bond donors (Lipinski definition) is 2. The number of amides is 1. The number of nitrogens with zero attached hydrogens (tertiary/aromatic N) is 1. The number of aromatic nitrogens is 1. The van der Waals surface area contributed by atoms with E-state index in [2.05, 4.69) is 15.5 Å². The van der Waals surface area contributed by atoms with Crippen LogP contribution in [0.1, 0.15) is 28.7 Å². The number of hydrogen-bond acceptors (Lipinski definition) is 5. The van der Waals surface area contributed by atoms with Gasteiger partial charge in [0, 0.05) is 11.9 Å². The number of esters is 1. The predicted molar refractivity (Wildman–Crippen MR) is 78.1 cm³/mol. The van der Waals surface area contributed by atoms with Crippen LogP contribution in [0.2, 0.25) is 0 Å². The first-order chi connectivity index (χ1) is 10.7. The summed E-state index contributed by atoms with van der Waals surface area (Å²) in [5.41, 5.74) is 4.15. The minimum absolute atomic E-state index is 0.304. The lowest BCUT2D eigenvalue weighted by molar-refractivity contribution is -0.116. The van der Waals surface area contributed by atoms with Crippen LogP contribution in [0, 0.1) is 0 Å². The van der Waals surface area contributed by atoms with E-state index >= 15 is 0 Å². The van der Waals surface area contributed by atoms with Crippen molar-refractivity contribution >= 4 is 23.7 Å². The number of ether oxygens (including phenoxy) is 1. The van der Waals surface area contributed by atoms with Crippen molar-refractivity contribution in [3.05, 3.63) is 53.2 Å². The third-order valence-corrected chi connectivity index (χ3v) is 3.04. The molecule has 2 aromatic rings. The molecule has 0 radical (unpaired) electrons. The quantitative estimate of drug-likeness (QED) is 0.663. The van der Waals surface area contributed by atoms with Gasteiger partial charge in [-0.25, -0.2) is 10.2 Å². The van der Waals surface area contributed by atoms with Crippen molar-refractivity contribution in [1.29, 1.82) is 0 Å². The Morgan fingerprint density at radius 1 is 1.50 bits per heavy atom. The van der Waals surface area contributed by atoms with E-state index in [4.69, 9.17) is 9.15 Å². The second-order valence-corrected chi connectivity index (χ2v) is 4.50. The molecule has 1 aliphatic heterocycles. The highest BCUT2D eigenvalue weighted by molar-refractivity contribution is 6.32. The molecule has 22 heavy (non-hydrogen) atoms. The summed E-state index contributed by atoms with van der Waals surface area (Å²) in [6.45, 7) is 2.04. The van der Waals surface area contributed by atoms with Gasteiger partial charge in [-0.3, -0.25) is 4.79 Å². The Kier molecular flexibility index (Phi) is 3.61. The molecule has 0 fully saturated rings. The van der Waals surface area contributed by atoms with Crippen LogP contribution in [0.25, 0.3) is 6.08 Å². The number of H-pyrrole nitrogens is 1. The van der Waals surface area contributed by atoms with E-state index in [1.54, 1.807) is 31.2 Å². The summed E-state index contributed by atoms with van der Waals surface area (Å²) in [6, 6.07) is 5.04. The van der Waals surface area contributed by atoms with Crippen LogP contribution in [0.15, 0.2) is 45.8 Å². The van der Waals surface area contributed by atoms with Crippen LogP contribution in [0.5, 0.6) is 0 Å². The van der Waals surface area contributed by atoms with Crippen molar-refractivity contribution in [3.63, 3.8) is 0 Å². The third-order valence-electron chi connectivity index (χ3n) is 3.04. The molecule has 0 unspecified atom stereocenters. The van der Waals surface area contributed by atoms with Crippen molar-refractivity contribution in [3.8, 4) is 0 Å². The number of hydrazone groups is 1. The van der Waals surface area contributed by atoms with Crippen molar-refractivity contribution < 1.29 is 18.7 Å². The van der Waals surface area contributed by atoms with Crippen molar-refractivity contribution in [2.24, 2.45) is 5.10 Å². The molecule has 2 N–H and O–H groups in total. The van der Waals surface area contributed by atoms with E-state index in [0.29, 0.717) is 34.9 Å². The Morgan fingerprint density at radius 2 is 2.36 bits per heavy atom. The highest BCUT2D eigenvalue weighted by Crippen LogP contribution is 2.18. The van der Waals surface area contributed by atoms with Crippen LogP contribution in [-0.2, 0) is 9.53 Å². The maximum atomic E-state index is 11.9. The molecule has 7 nitrogen and oxygen atoms in total. The van der Waals surface area contributed by atoms with E-state index in [1.807, 2.05) is 0 Å². The SMILES string of the molecule is CCOC(=O)c1c[nH]c(/C=C2/C(=O)NN=C2c2ccco2)c1. The van der Waals surface area contributed by atoms with Gasteiger partial charge in [0.15, 0.2) is 5.76 Å². The molecule has 3 rings (SSSR count). The molecule has 7 heteroatoms. The lowest BCUT2D eigenvalue weighted by atomic mass is 10.1. The molecule has 2 aromatic heterocycles. The first kappa shape index (κ1) is 13.9. The molecular formula is C15H13N3O4. The first-order valence-electron chi connectivity index (χ1n) is 6.68. The second kappa shape index (κ2) is 5.72. The summed E-state index contributed by atoms with van der Waals surface area (Å²) in [5.74, 6) is -0.264. The van der Waals surface area contributed by atoms with Crippen LogP contribution in [-0.4, -0.2) is 29.2 Å². The summed E-state index contributed by atoms with van der Waals surface area (Å²) >= 11 is 0. The van der Waals surface area contributed by atoms with Gasteiger partial charge in [-0.15, -0.1) is 0 Å². The van der Waals surface area contributed by atoms with Crippen molar-refractivity contribution in [2.75, 3.05) is 6.61 Å². The average Bonchev–Trinajstić information content (AvgIpc) is 3.22. The van der Waals surface area contributed by atoms with Gasteiger partial charge in [0.2, 0.25) is 0 Å². The molecule has 0 bridgehead atoms. The van der Waals surface area contributed by atoms with Gasteiger partial charge >= 0.3 is 5.97 Å². The molecule has 112 valence electrons. The van der Waals surface area contributed by atoms with Gasteiger partial charge in [0.05, 0.1) is 24.0 Å². The molecule has 0 spiro atoms. The average molecular weight is 299 g/mol. The summed E-state index contributed by atoms with van der Waals surface area (Å²) in [5, 5.41) is 3.96. The highest BCUT2D eigenvalue weighted by atomic mass is 16.5. The van der Waals surface area contributed by atoms with Crippen LogP contribution >= 0.6 is 0 Å². The molecule has 3 heterocycles. The molecule has 0 aromatic carbocycles. The van der Waals surface area contributed by atoms with Gasteiger partial charge in [0.25, 0.3) is 5.91 Å². The monoisotopic (exact) mass is 299 g/mol. The van der Waals surface area contributed by atoms with Crippen LogP contribution in [0.3, 0.4) is 0 Å². The van der Waals surface area contributed by atoms with Gasteiger partial charge < -0.3 is 14.1 Å². The molecule has 0 saturated heterocycles. The van der Waals surface area contributed by atoms with Crippen LogP contribution in [0.4, 0.5) is 0 Å². The maximum absolute atomic E-state index is 11.9. The Bertz CT molecular complexity index is 769. The van der Waals surface area contributed by atoms with Crippen molar-refractivity contribution in [2.45, 2.75) is 6.92 Å². The Morgan fingerprint density at radius 3 is 3.09 bits per heavy atom. The van der Waals surface area contributed by atoms with Crippen molar-refractivity contribution in [1.82, 2.24) is 10.4 Å². The van der Waals surface area contributed by atoms with Gasteiger partial charge in [-0.2, -0.15) is 5.10 Å². The van der Waals surface area contributed by atoms with E-state index in [-0.39, 0.29) is 5.91 Å². The fourth-order valence-electron chi connectivity index (χ4n) is 2.05. The summed E-state index contributed by atoms with van der Waals surface area (Å²) in [4.78, 5) is 26.4. The number of carbonyl (C=O) groups is 2. The number of rotatable bonds is 4. The maximum Gasteiger partial charge on any atom is 0.339 e. The molecule has 0 aliphatic carbocycles. The zero-order valence-corrected chi connectivity index (χ0v) is 11.8. The van der Waals surface area contributed by atoms with E-state index in [0.717, 1.165) is 0 Å². The zero-order valence-electron chi connectivity index (χ0n) is 11.8. The lowest BCUT2D eigenvalue weighted by Crippen LogP contribution is -2.13. The fourth-order valence-corrected chi connectivity index (χ4v) is 2.05. The standard InChI is InChI=1S/C15H13N3O4/c1-2-21-15(20)9-6-10(16-8-9)7-11-13(17-18-14(11)19)12-4-3-5-22-12/h3-8,16H,2H2,1H3,(H,18,19)/b11-7+. The summed E-state index contributed by atoms with van der Waals surface area (Å²) in [6.07, 6.45) is 4.64. The zero-order chi connectivity index (χ0) is 15.5. The van der Waals surface area contributed by atoms with E-state index in [1.165, 1.54) is 12.5 Å². The Hall–Kier alpha value is -3.09. The summed E-state index contributed by atoms with van der Waals surface area (Å²) < 4.78 is 10.2. The highest BCUT2D eigenvalue weighted by Gasteiger charge is 2.26. The predicted octanol–water partition coefficient (Wildman–Crippen LogP) is 1.70. The van der Waals surface area contributed by atoms with Gasteiger partial charge in [0.1, 0.15) is 5.71 Å². The Balaban J connectivity index is 1.89. The topological polar surface area (TPSA) is 96.7 Å². The molecule has 1 amide bonds. The summed E-state index contributed by atoms with van der Waals surface area (Å²) in [7, 11) is 0. The normalized spacial score (nSPS) is 15.8. The molecule has 1 aliphatic rings. The number of aromatic amines is 1. The van der Waals surface area contributed by atoms with E-state index < -0.39 is 5.97 Å². The molecule has 0 saturated carbocycles. The van der Waals surface area contributed by atoms with Gasteiger partial charge in [-0.05, 0) is 31.2 Å².